The molecule has 6 heteroatoms. The maximum Gasteiger partial charge on any atom is 0.261 e. The Morgan fingerprint density at radius 2 is 1.61 bits per heavy atom. The summed E-state index contributed by atoms with van der Waals surface area (Å²) in [7, 11) is 1.78. The molecule has 4 rings (SSSR count). The number of benzene rings is 2. The fraction of sp³-hybridized carbons (Fsp3) is 0.318. The second-order valence-corrected chi connectivity index (χ2v) is 7.22. The van der Waals surface area contributed by atoms with Gasteiger partial charge in [0.1, 0.15) is 5.82 Å². The number of aromatic nitrogens is 2. The van der Waals surface area contributed by atoms with Crippen molar-refractivity contribution in [2.75, 3.05) is 26.2 Å². The van der Waals surface area contributed by atoms with Gasteiger partial charge in [0.25, 0.3) is 11.5 Å². The summed E-state index contributed by atoms with van der Waals surface area (Å²) in [5, 5.41) is 0.638. The van der Waals surface area contributed by atoms with Crippen molar-refractivity contribution in [2.24, 2.45) is 7.05 Å². The van der Waals surface area contributed by atoms with E-state index in [-0.39, 0.29) is 17.5 Å². The first-order valence-corrected chi connectivity index (χ1v) is 9.60. The van der Waals surface area contributed by atoms with Gasteiger partial charge in [0.2, 0.25) is 0 Å². The summed E-state index contributed by atoms with van der Waals surface area (Å²) in [4.78, 5) is 34.3. The molecule has 1 aliphatic heterocycles. The number of piperazine rings is 1. The molecule has 3 aromatic rings. The number of hydrogen-bond acceptors (Lipinski definition) is 4. The van der Waals surface area contributed by atoms with E-state index in [0.717, 1.165) is 30.0 Å². The molecular weight excluding hydrogens is 352 g/mol. The number of amides is 1. The van der Waals surface area contributed by atoms with E-state index in [4.69, 9.17) is 4.98 Å². The summed E-state index contributed by atoms with van der Waals surface area (Å²) >= 11 is 0. The van der Waals surface area contributed by atoms with Gasteiger partial charge in [0.15, 0.2) is 0 Å². The van der Waals surface area contributed by atoms with E-state index in [1.165, 1.54) is 0 Å². The summed E-state index contributed by atoms with van der Waals surface area (Å²) in [5.41, 5.74) is 1.43. The van der Waals surface area contributed by atoms with Crippen molar-refractivity contribution in [3.8, 4) is 0 Å². The van der Waals surface area contributed by atoms with Gasteiger partial charge in [-0.3, -0.25) is 19.1 Å². The van der Waals surface area contributed by atoms with Crippen molar-refractivity contribution in [3.05, 3.63) is 76.3 Å². The second kappa shape index (κ2) is 7.56. The van der Waals surface area contributed by atoms with Crippen LogP contribution >= 0.6 is 0 Å². The third-order valence-electron chi connectivity index (χ3n) is 5.56. The predicted octanol–water partition coefficient (Wildman–Crippen LogP) is 2.45. The van der Waals surface area contributed by atoms with E-state index < -0.39 is 0 Å². The van der Waals surface area contributed by atoms with E-state index >= 15 is 0 Å². The van der Waals surface area contributed by atoms with Crippen LogP contribution in [0.1, 0.15) is 29.1 Å². The Morgan fingerprint density at radius 1 is 0.964 bits per heavy atom. The molecule has 2 heterocycles. The van der Waals surface area contributed by atoms with E-state index in [1.807, 2.05) is 59.5 Å². The Bertz CT molecular complexity index is 1050. The number of carbonyl (C=O) groups excluding carboxylic acids is 1. The Labute approximate surface area is 164 Å². The van der Waals surface area contributed by atoms with E-state index in [0.29, 0.717) is 18.5 Å². The van der Waals surface area contributed by atoms with Gasteiger partial charge >= 0.3 is 0 Å². The normalized spacial score (nSPS) is 16.3. The number of hydrogen-bond donors (Lipinski definition) is 0. The van der Waals surface area contributed by atoms with Crippen LogP contribution in [0.4, 0.5) is 0 Å². The average molecular weight is 376 g/mol. The fourth-order valence-electron chi connectivity index (χ4n) is 3.85. The third-order valence-corrected chi connectivity index (χ3v) is 5.56. The number of carbonyl (C=O) groups is 1. The third kappa shape index (κ3) is 3.31. The molecule has 0 N–H and O–H groups in total. The predicted molar refractivity (Wildman–Crippen MR) is 109 cm³/mol. The molecule has 1 saturated heterocycles. The van der Waals surface area contributed by atoms with Crippen molar-refractivity contribution in [1.29, 1.82) is 0 Å². The lowest BCUT2D eigenvalue weighted by Crippen LogP contribution is -2.49. The van der Waals surface area contributed by atoms with Crippen LogP contribution in [0.25, 0.3) is 10.9 Å². The molecule has 0 bridgehead atoms. The minimum Gasteiger partial charge on any atom is -0.336 e. The lowest BCUT2D eigenvalue weighted by molar-refractivity contribution is 0.0572. The van der Waals surface area contributed by atoms with Gasteiger partial charge in [-0.2, -0.15) is 0 Å². The smallest absolute Gasteiger partial charge is 0.261 e. The quantitative estimate of drug-likeness (QED) is 0.705. The van der Waals surface area contributed by atoms with Gasteiger partial charge in [0, 0.05) is 38.8 Å². The molecule has 1 atom stereocenters. The molecule has 6 nitrogen and oxygen atoms in total. The zero-order valence-corrected chi connectivity index (χ0v) is 16.2. The van der Waals surface area contributed by atoms with E-state index in [9.17, 15) is 9.59 Å². The molecule has 0 aliphatic carbocycles. The number of rotatable bonds is 3. The molecule has 0 radical (unpaired) electrons. The van der Waals surface area contributed by atoms with Crippen LogP contribution < -0.4 is 5.56 Å². The minimum absolute atomic E-state index is 0.00344. The summed E-state index contributed by atoms with van der Waals surface area (Å²) < 4.78 is 1.65. The molecule has 1 aromatic heterocycles. The molecule has 1 aliphatic rings. The maximum atomic E-state index is 12.7. The number of fused-ring (bicyclic) bond motifs is 1. The highest BCUT2D eigenvalue weighted by Crippen LogP contribution is 2.21. The zero-order chi connectivity index (χ0) is 19.7. The number of para-hydroxylation sites is 1. The molecule has 1 unspecified atom stereocenters. The van der Waals surface area contributed by atoms with Gasteiger partial charge in [-0.1, -0.05) is 30.3 Å². The standard InChI is InChI=1S/C22H24N4O2/c1-16(20-23-19-11-7-6-10-18(19)22(28)24(20)2)25-12-14-26(15-13-25)21(27)17-8-4-3-5-9-17/h3-11,16H,12-15H2,1-2H3. The topological polar surface area (TPSA) is 58.4 Å². The van der Waals surface area contributed by atoms with Crippen molar-refractivity contribution >= 4 is 16.8 Å². The van der Waals surface area contributed by atoms with Gasteiger partial charge < -0.3 is 4.90 Å². The maximum absolute atomic E-state index is 12.7. The fourth-order valence-corrected chi connectivity index (χ4v) is 3.85. The minimum atomic E-state index is -0.0228. The van der Waals surface area contributed by atoms with Crippen molar-refractivity contribution < 1.29 is 4.79 Å². The van der Waals surface area contributed by atoms with Gasteiger partial charge in [-0.25, -0.2) is 4.98 Å². The largest absolute Gasteiger partial charge is 0.336 e. The second-order valence-electron chi connectivity index (χ2n) is 7.22. The van der Waals surface area contributed by atoms with Gasteiger partial charge in [-0.05, 0) is 31.2 Å². The first kappa shape index (κ1) is 18.4. The first-order chi connectivity index (χ1) is 13.6. The highest BCUT2D eigenvalue weighted by molar-refractivity contribution is 5.94. The van der Waals surface area contributed by atoms with Crippen molar-refractivity contribution in [3.63, 3.8) is 0 Å². The van der Waals surface area contributed by atoms with Crippen LogP contribution in [0.3, 0.4) is 0 Å². The Balaban J connectivity index is 1.51. The van der Waals surface area contributed by atoms with Crippen LogP contribution in [0.5, 0.6) is 0 Å². The summed E-state index contributed by atoms with van der Waals surface area (Å²) in [6, 6.07) is 16.8. The van der Waals surface area contributed by atoms with Crippen LogP contribution in [0.15, 0.2) is 59.4 Å². The highest BCUT2D eigenvalue weighted by Gasteiger charge is 2.27. The molecule has 0 saturated carbocycles. The first-order valence-electron chi connectivity index (χ1n) is 9.60. The summed E-state index contributed by atoms with van der Waals surface area (Å²) in [6.45, 7) is 4.91. The number of nitrogens with zero attached hydrogens (tertiary/aromatic N) is 4. The van der Waals surface area contributed by atoms with Crippen LogP contribution in [0.2, 0.25) is 0 Å². The molecule has 1 fully saturated rings. The van der Waals surface area contributed by atoms with Crippen LogP contribution in [-0.4, -0.2) is 51.4 Å². The van der Waals surface area contributed by atoms with E-state index in [2.05, 4.69) is 11.8 Å². The lowest BCUT2D eigenvalue weighted by Gasteiger charge is -2.38. The monoisotopic (exact) mass is 376 g/mol. The highest BCUT2D eigenvalue weighted by atomic mass is 16.2. The molecule has 28 heavy (non-hydrogen) atoms. The van der Waals surface area contributed by atoms with Gasteiger partial charge in [0.05, 0.1) is 16.9 Å². The summed E-state index contributed by atoms with van der Waals surface area (Å²) in [6.07, 6.45) is 0. The SMILES string of the molecule is CC(c1nc2ccccc2c(=O)n1C)N1CCN(C(=O)c2ccccc2)CC1. The van der Waals surface area contributed by atoms with Crippen LogP contribution in [0, 0.1) is 0 Å². The molecular formula is C22H24N4O2. The lowest BCUT2D eigenvalue weighted by atomic mass is 10.1. The van der Waals surface area contributed by atoms with Gasteiger partial charge in [-0.15, -0.1) is 0 Å². The van der Waals surface area contributed by atoms with Crippen molar-refractivity contribution in [2.45, 2.75) is 13.0 Å². The Kier molecular flexibility index (Phi) is 4.96. The average Bonchev–Trinajstić information content (AvgIpc) is 2.76. The molecule has 0 spiro atoms. The summed E-state index contributed by atoms with van der Waals surface area (Å²) in [5.74, 6) is 0.829. The molecule has 144 valence electrons. The Hall–Kier alpha value is -2.99. The molecule has 1 amide bonds. The van der Waals surface area contributed by atoms with Crippen LogP contribution in [-0.2, 0) is 7.05 Å². The molecule has 2 aromatic carbocycles. The zero-order valence-electron chi connectivity index (χ0n) is 16.2. The van der Waals surface area contributed by atoms with Crippen molar-refractivity contribution in [1.82, 2.24) is 19.4 Å². The Morgan fingerprint density at radius 3 is 2.32 bits per heavy atom. The van der Waals surface area contributed by atoms with E-state index in [1.54, 1.807) is 11.6 Å².